The standard InChI is InChI=1S/C8H14O5/c1-3-12-8(11)7(4-5-9)13-6(2)10/h7,9H,3-5H2,1-2H3/t7-/m0/s1. The van der Waals surface area contributed by atoms with Gasteiger partial charge in [-0.2, -0.15) is 0 Å². The Hall–Kier alpha value is -1.10. The molecule has 13 heavy (non-hydrogen) atoms. The number of hydrogen-bond acceptors (Lipinski definition) is 5. The molecule has 0 saturated heterocycles. The molecule has 0 heterocycles. The lowest BCUT2D eigenvalue weighted by molar-refractivity contribution is -0.167. The van der Waals surface area contributed by atoms with Crippen molar-refractivity contribution >= 4 is 11.9 Å². The van der Waals surface area contributed by atoms with Crippen LogP contribution in [0.25, 0.3) is 0 Å². The van der Waals surface area contributed by atoms with Crippen molar-refractivity contribution in [1.82, 2.24) is 0 Å². The van der Waals surface area contributed by atoms with Crippen LogP contribution in [0.2, 0.25) is 0 Å². The van der Waals surface area contributed by atoms with Crippen LogP contribution in [0.15, 0.2) is 0 Å². The van der Waals surface area contributed by atoms with E-state index in [1.807, 2.05) is 0 Å². The van der Waals surface area contributed by atoms with Crippen LogP contribution in [0.4, 0.5) is 0 Å². The number of rotatable bonds is 5. The van der Waals surface area contributed by atoms with Gasteiger partial charge in [0.25, 0.3) is 0 Å². The van der Waals surface area contributed by atoms with E-state index in [9.17, 15) is 9.59 Å². The Labute approximate surface area is 76.6 Å². The van der Waals surface area contributed by atoms with Crippen molar-refractivity contribution in [3.63, 3.8) is 0 Å². The third-order valence-corrected chi connectivity index (χ3v) is 1.25. The minimum Gasteiger partial charge on any atom is -0.463 e. The van der Waals surface area contributed by atoms with Gasteiger partial charge < -0.3 is 14.6 Å². The fourth-order valence-corrected chi connectivity index (χ4v) is 0.778. The minimum absolute atomic E-state index is 0.0679. The molecule has 0 radical (unpaired) electrons. The molecule has 0 aromatic rings. The Morgan fingerprint density at radius 3 is 2.46 bits per heavy atom. The molecule has 1 atom stereocenters. The van der Waals surface area contributed by atoms with E-state index in [1.54, 1.807) is 6.92 Å². The first-order valence-corrected chi connectivity index (χ1v) is 4.06. The van der Waals surface area contributed by atoms with Gasteiger partial charge in [-0.3, -0.25) is 4.79 Å². The second kappa shape index (κ2) is 6.42. The Balaban J connectivity index is 4.06. The first-order chi connectivity index (χ1) is 6.11. The number of ether oxygens (including phenoxy) is 2. The molecule has 0 aliphatic rings. The third-order valence-electron chi connectivity index (χ3n) is 1.25. The van der Waals surface area contributed by atoms with Crippen molar-refractivity contribution in [3.05, 3.63) is 0 Å². The lowest BCUT2D eigenvalue weighted by atomic mass is 10.2. The van der Waals surface area contributed by atoms with Crippen LogP contribution in [0, 0.1) is 0 Å². The van der Waals surface area contributed by atoms with Gasteiger partial charge in [0, 0.05) is 20.0 Å². The summed E-state index contributed by atoms with van der Waals surface area (Å²) in [6.45, 7) is 2.85. The van der Waals surface area contributed by atoms with Crippen molar-refractivity contribution in [2.24, 2.45) is 0 Å². The molecule has 0 rings (SSSR count). The van der Waals surface area contributed by atoms with E-state index in [2.05, 4.69) is 9.47 Å². The maximum absolute atomic E-state index is 11.1. The molecule has 0 aromatic heterocycles. The van der Waals surface area contributed by atoms with E-state index in [0.717, 1.165) is 0 Å². The van der Waals surface area contributed by atoms with E-state index in [1.165, 1.54) is 6.92 Å². The largest absolute Gasteiger partial charge is 0.463 e. The van der Waals surface area contributed by atoms with Gasteiger partial charge in [-0.1, -0.05) is 0 Å². The van der Waals surface area contributed by atoms with Crippen LogP contribution >= 0.6 is 0 Å². The fourth-order valence-electron chi connectivity index (χ4n) is 0.778. The van der Waals surface area contributed by atoms with Crippen LogP contribution in [0.3, 0.4) is 0 Å². The van der Waals surface area contributed by atoms with Gasteiger partial charge in [0.2, 0.25) is 6.10 Å². The summed E-state index contributed by atoms with van der Waals surface area (Å²) < 4.78 is 9.26. The summed E-state index contributed by atoms with van der Waals surface area (Å²) in [5.41, 5.74) is 0. The van der Waals surface area contributed by atoms with E-state index in [-0.39, 0.29) is 19.6 Å². The van der Waals surface area contributed by atoms with Gasteiger partial charge in [-0.25, -0.2) is 4.79 Å². The molecule has 76 valence electrons. The summed E-state index contributed by atoms with van der Waals surface area (Å²) in [6.07, 6.45) is -0.916. The maximum atomic E-state index is 11.1. The third kappa shape index (κ3) is 5.19. The molecule has 0 amide bonds. The van der Waals surface area contributed by atoms with Crippen LogP contribution in [0.1, 0.15) is 20.3 Å². The van der Waals surface area contributed by atoms with Crippen molar-refractivity contribution in [2.45, 2.75) is 26.4 Å². The highest BCUT2D eigenvalue weighted by molar-refractivity contribution is 5.78. The van der Waals surface area contributed by atoms with E-state index in [4.69, 9.17) is 5.11 Å². The molecule has 0 fully saturated rings. The van der Waals surface area contributed by atoms with Crippen molar-refractivity contribution in [3.8, 4) is 0 Å². The molecule has 0 aliphatic heterocycles. The number of hydrogen-bond donors (Lipinski definition) is 1. The quantitative estimate of drug-likeness (QED) is 0.611. The molecule has 0 aliphatic carbocycles. The summed E-state index contributed by atoms with van der Waals surface area (Å²) in [6, 6.07) is 0. The van der Waals surface area contributed by atoms with Gasteiger partial charge in [-0.15, -0.1) is 0 Å². The second-order valence-electron chi connectivity index (χ2n) is 2.36. The second-order valence-corrected chi connectivity index (χ2v) is 2.36. The Bertz CT molecular complexity index is 177. The number of aliphatic hydroxyl groups is 1. The monoisotopic (exact) mass is 190 g/mol. The lowest BCUT2D eigenvalue weighted by Crippen LogP contribution is -2.29. The van der Waals surface area contributed by atoms with Crippen molar-refractivity contribution in [1.29, 1.82) is 0 Å². The van der Waals surface area contributed by atoms with Gasteiger partial charge in [0.1, 0.15) is 0 Å². The summed E-state index contributed by atoms with van der Waals surface area (Å²) in [5, 5.41) is 8.57. The molecule has 5 heteroatoms. The number of carbonyl (C=O) groups is 2. The van der Waals surface area contributed by atoms with E-state index >= 15 is 0 Å². The predicted molar refractivity (Wildman–Crippen MR) is 43.9 cm³/mol. The molecule has 0 saturated carbocycles. The number of aliphatic hydroxyl groups excluding tert-OH is 1. The molecule has 1 N–H and O–H groups in total. The smallest absolute Gasteiger partial charge is 0.347 e. The fraction of sp³-hybridized carbons (Fsp3) is 0.750. The summed E-state index contributed by atoms with van der Waals surface area (Å²) in [4.78, 5) is 21.6. The molecule has 0 spiro atoms. The normalized spacial score (nSPS) is 11.9. The van der Waals surface area contributed by atoms with Crippen molar-refractivity contribution in [2.75, 3.05) is 13.2 Å². The molecular weight excluding hydrogens is 176 g/mol. The highest BCUT2D eigenvalue weighted by atomic mass is 16.6. The van der Waals surface area contributed by atoms with Gasteiger partial charge >= 0.3 is 11.9 Å². The number of esters is 2. The number of carbonyl (C=O) groups excluding carboxylic acids is 2. The zero-order valence-corrected chi connectivity index (χ0v) is 7.78. The first kappa shape index (κ1) is 11.9. The molecule has 5 nitrogen and oxygen atoms in total. The lowest BCUT2D eigenvalue weighted by Gasteiger charge is -2.13. The van der Waals surface area contributed by atoms with E-state index in [0.29, 0.717) is 0 Å². The van der Waals surface area contributed by atoms with Crippen LogP contribution < -0.4 is 0 Å². The van der Waals surface area contributed by atoms with Crippen LogP contribution in [-0.2, 0) is 19.1 Å². The van der Waals surface area contributed by atoms with Gasteiger partial charge in [0.15, 0.2) is 0 Å². The molecule has 0 unspecified atom stereocenters. The van der Waals surface area contributed by atoms with Crippen LogP contribution in [-0.4, -0.2) is 36.4 Å². The summed E-state index contributed by atoms with van der Waals surface area (Å²) in [7, 11) is 0. The van der Waals surface area contributed by atoms with Gasteiger partial charge in [0.05, 0.1) is 6.61 Å². The Morgan fingerprint density at radius 1 is 1.46 bits per heavy atom. The molecular formula is C8H14O5. The Morgan fingerprint density at radius 2 is 2.08 bits per heavy atom. The van der Waals surface area contributed by atoms with Gasteiger partial charge in [-0.05, 0) is 6.92 Å². The summed E-state index contributed by atoms with van der Waals surface area (Å²) >= 11 is 0. The van der Waals surface area contributed by atoms with Crippen LogP contribution in [0.5, 0.6) is 0 Å². The highest BCUT2D eigenvalue weighted by Crippen LogP contribution is 2.01. The molecule has 0 bridgehead atoms. The zero-order chi connectivity index (χ0) is 10.3. The highest BCUT2D eigenvalue weighted by Gasteiger charge is 2.21. The average Bonchev–Trinajstić information content (AvgIpc) is 2.03. The van der Waals surface area contributed by atoms with Crippen molar-refractivity contribution < 1.29 is 24.2 Å². The zero-order valence-electron chi connectivity index (χ0n) is 7.78. The first-order valence-electron chi connectivity index (χ1n) is 4.06. The Kier molecular flexibility index (Phi) is 5.88. The minimum atomic E-state index is -0.984. The van der Waals surface area contributed by atoms with E-state index < -0.39 is 18.0 Å². The molecule has 0 aromatic carbocycles. The maximum Gasteiger partial charge on any atom is 0.347 e. The predicted octanol–water partition coefficient (Wildman–Crippen LogP) is -0.136. The summed E-state index contributed by atoms with van der Waals surface area (Å²) in [5.74, 6) is -1.18. The average molecular weight is 190 g/mol. The SMILES string of the molecule is CCOC(=O)[C@H](CCO)OC(C)=O. The topological polar surface area (TPSA) is 72.8 Å².